The zero-order valence-corrected chi connectivity index (χ0v) is 18.4. The summed E-state index contributed by atoms with van der Waals surface area (Å²) in [6.07, 6.45) is 2.96. The third kappa shape index (κ3) is 7.27. The lowest BCUT2D eigenvalue weighted by Crippen LogP contribution is -2.27. The van der Waals surface area contributed by atoms with Crippen LogP contribution >= 0.6 is 0 Å². The maximum absolute atomic E-state index is 13.0. The molecule has 0 bridgehead atoms. The molecule has 0 aliphatic heterocycles. The highest BCUT2D eigenvalue weighted by molar-refractivity contribution is 5.94. The molecular formula is C27H30N2O3. The number of carbonyl (C=O) groups excluding carboxylic acids is 2. The molecule has 1 atom stereocenters. The summed E-state index contributed by atoms with van der Waals surface area (Å²) in [5, 5.41) is 5.97. The van der Waals surface area contributed by atoms with Crippen LogP contribution in [0, 0.1) is 5.92 Å². The van der Waals surface area contributed by atoms with Crippen LogP contribution in [-0.2, 0) is 11.2 Å². The Morgan fingerprint density at radius 3 is 2.16 bits per heavy atom. The van der Waals surface area contributed by atoms with Crippen molar-refractivity contribution < 1.29 is 14.3 Å². The van der Waals surface area contributed by atoms with Crippen molar-refractivity contribution in [2.24, 2.45) is 5.92 Å². The fourth-order valence-electron chi connectivity index (χ4n) is 3.55. The number of para-hydroxylation sites is 1. The second-order valence-corrected chi connectivity index (χ2v) is 7.70. The SMILES string of the molecule is COc1ccc(CCC(CCCNC(=O)c2ccccc2)C(=O)Nc2ccccc2)cc1. The molecule has 1 unspecified atom stereocenters. The fraction of sp³-hybridized carbons (Fsp3) is 0.259. The first kappa shape index (κ1) is 23.1. The Bertz CT molecular complexity index is 973. The van der Waals surface area contributed by atoms with Crippen LogP contribution in [0.5, 0.6) is 5.75 Å². The molecule has 0 fully saturated rings. The van der Waals surface area contributed by atoms with E-state index in [1.165, 1.54) is 5.56 Å². The Hall–Kier alpha value is -3.60. The lowest BCUT2D eigenvalue weighted by Gasteiger charge is -2.17. The number of amides is 2. The van der Waals surface area contributed by atoms with Crippen LogP contribution in [0.4, 0.5) is 5.69 Å². The maximum Gasteiger partial charge on any atom is 0.251 e. The van der Waals surface area contributed by atoms with Gasteiger partial charge in [0.2, 0.25) is 5.91 Å². The topological polar surface area (TPSA) is 67.4 Å². The first-order valence-corrected chi connectivity index (χ1v) is 11.0. The van der Waals surface area contributed by atoms with Crippen molar-refractivity contribution >= 4 is 17.5 Å². The lowest BCUT2D eigenvalue weighted by atomic mass is 9.94. The van der Waals surface area contributed by atoms with Gasteiger partial charge < -0.3 is 15.4 Å². The van der Waals surface area contributed by atoms with Gasteiger partial charge in [-0.05, 0) is 67.6 Å². The molecule has 5 nitrogen and oxygen atoms in total. The van der Waals surface area contributed by atoms with E-state index in [1.807, 2.05) is 72.8 Å². The van der Waals surface area contributed by atoms with Crippen LogP contribution < -0.4 is 15.4 Å². The molecule has 0 saturated carbocycles. The summed E-state index contributed by atoms with van der Waals surface area (Å²) < 4.78 is 5.22. The van der Waals surface area contributed by atoms with Crippen molar-refractivity contribution in [1.82, 2.24) is 5.32 Å². The number of aryl methyl sites for hydroxylation is 1. The van der Waals surface area contributed by atoms with Crippen molar-refractivity contribution in [3.05, 3.63) is 96.1 Å². The number of anilines is 1. The molecule has 0 heterocycles. The molecule has 32 heavy (non-hydrogen) atoms. The molecule has 0 radical (unpaired) electrons. The van der Waals surface area contributed by atoms with Gasteiger partial charge in [0.05, 0.1) is 7.11 Å². The summed E-state index contributed by atoms with van der Waals surface area (Å²) in [5.74, 6) is 0.598. The third-order valence-electron chi connectivity index (χ3n) is 5.40. The van der Waals surface area contributed by atoms with Gasteiger partial charge in [0.15, 0.2) is 0 Å². The van der Waals surface area contributed by atoms with Crippen molar-refractivity contribution in [3.63, 3.8) is 0 Å². The zero-order chi connectivity index (χ0) is 22.6. The first-order chi connectivity index (χ1) is 15.7. The molecule has 3 aromatic carbocycles. The third-order valence-corrected chi connectivity index (χ3v) is 5.40. The van der Waals surface area contributed by atoms with Crippen molar-refractivity contribution in [2.45, 2.75) is 25.7 Å². The van der Waals surface area contributed by atoms with E-state index in [-0.39, 0.29) is 17.7 Å². The van der Waals surface area contributed by atoms with E-state index in [9.17, 15) is 9.59 Å². The van der Waals surface area contributed by atoms with Gasteiger partial charge in [-0.1, -0.05) is 48.5 Å². The van der Waals surface area contributed by atoms with Crippen LogP contribution in [0.2, 0.25) is 0 Å². The van der Waals surface area contributed by atoms with Crippen LogP contribution in [0.3, 0.4) is 0 Å². The second kappa shape index (κ2) is 12.3. The molecule has 166 valence electrons. The Balaban J connectivity index is 1.55. The summed E-state index contributed by atoms with van der Waals surface area (Å²) in [7, 11) is 1.65. The van der Waals surface area contributed by atoms with Crippen molar-refractivity contribution in [1.29, 1.82) is 0 Å². The largest absolute Gasteiger partial charge is 0.497 e. The minimum absolute atomic E-state index is 0.0131. The van der Waals surface area contributed by atoms with Crippen LogP contribution in [0.25, 0.3) is 0 Å². The van der Waals surface area contributed by atoms with Gasteiger partial charge >= 0.3 is 0 Å². The van der Waals surface area contributed by atoms with Crippen LogP contribution in [0.15, 0.2) is 84.9 Å². The highest BCUT2D eigenvalue weighted by Gasteiger charge is 2.18. The highest BCUT2D eigenvalue weighted by atomic mass is 16.5. The average molecular weight is 431 g/mol. The standard InChI is InChI=1S/C27H30N2O3/c1-32-25-18-15-21(16-19-25)14-17-23(27(31)29-24-12-6-3-7-13-24)11-8-20-28-26(30)22-9-4-2-5-10-22/h2-7,9-10,12-13,15-16,18-19,23H,8,11,14,17,20H2,1H3,(H,28,30)(H,29,31). The summed E-state index contributed by atoms with van der Waals surface area (Å²) >= 11 is 0. The van der Waals surface area contributed by atoms with E-state index in [0.717, 1.165) is 30.7 Å². The number of hydrogen-bond acceptors (Lipinski definition) is 3. The average Bonchev–Trinajstić information content (AvgIpc) is 2.84. The van der Waals surface area contributed by atoms with E-state index >= 15 is 0 Å². The molecule has 0 saturated heterocycles. The molecule has 3 aromatic rings. The second-order valence-electron chi connectivity index (χ2n) is 7.70. The van der Waals surface area contributed by atoms with Gasteiger partial charge in [0.25, 0.3) is 5.91 Å². The number of nitrogens with one attached hydrogen (secondary N) is 2. The van der Waals surface area contributed by atoms with E-state index in [4.69, 9.17) is 4.74 Å². The van der Waals surface area contributed by atoms with Crippen LogP contribution in [0.1, 0.15) is 35.2 Å². The molecule has 0 spiro atoms. The van der Waals surface area contributed by atoms with E-state index in [2.05, 4.69) is 10.6 Å². The van der Waals surface area contributed by atoms with Gasteiger partial charge in [-0.25, -0.2) is 0 Å². The molecule has 0 aromatic heterocycles. The lowest BCUT2D eigenvalue weighted by molar-refractivity contribution is -0.120. The monoisotopic (exact) mass is 430 g/mol. The first-order valence-electron chi connectivity index (χ1n) is 11.0. The molecular weight excluding hydrogens is 400 g/mol. The molecule has 5 heteroatoms. The van der Waals surface area contributed by atoms with Crippen LogP contribution in [-0.4, -0.2) is 25.5 Å². The Kier molecular flexibility index (Phi) is 8.87. The van der Waals surface area contributed by atoms with E-state index in [1.54, 1.807) is 19.2 Å². The predicted molar refractivity (Wildman–Crippen MR) is 128 cm³/mol. The maximum atomic E-state index is 13.0. The van der Waals surface area contributed by atoms with Crippen molar-refractivity contribution in [3.8, 4) is 5.75 Å². The minimum atomic E-state index is -0.147. The summed E-state index contributed by atoms with van der Waals surface area (Å²) in [4.78, 5) is 25.2. The Morgan fingerprint density at radius 1 is 0.844 bits per heavy atom. The quantitative estimate of drug-likeness (QED) is 0.416. The van der Waals surface area contributed by atoms with E-state index in [0.29, 0.717) is 18.5 Å². The number of benzene rings is 3. The Labute approximate surface area is 189 Å². The Morgan fingerprint density at radius 2 is 1.50 bits per heavy atom. The number of rotatable bonds is 11. The van der Waals surface area contributed by atoms with Gasteiger partial charge in [0, 0.05) is 23.7 Å². The highest BCUT2D eigenvalue weighted by Crippen LogP contribution is 2.20. The van der Waals surface area contributed by atoms with E-state index < -0.39 is 0 Å². The number of methoxy groups -OCH3 is 1. The summed E-state index contributed by atoms with van der Waals surface area (Å²) in [5.41, 5.74) is 2.61. The van der Waals surface area contributed by atoms with Gasteiger partial charge in [-0.2, -0.15) is 0 Å². The molecule has 0 aliphatic carbocycles. The molecule has 0 aliphatic rings. The predicted octanol–water partition coefficient (Wildman–Crippen LogP) is 5.09. The number of hydrogen-bond donors (Lipinski definition) is 2. The van der Waals surface area contributed by atoms with Gasteiger partial charge in [0.1, 0.15) is 5.75 Å². The summed E-state index contributed by atoms with van der Waals surface area (Å²) in [6.45, 7) is 0.533. The van der Waals surface area contributed by atoms with Gasteiger partial charge in [-0.15, -0.1) is 0 Å². The molecule has 2 amide bonds. The van der Waals surface area contributed by atoms with Gasteiger partial charge in [-0.3, -0.25) is 9.59 Å². The fourth-order valence-corrected chi connectivity index (χ4v) is 3.55. The number of carbonyl (C=O) groups is 2. The number of ether oxygens (including phenoxy) is 1. The molecule has 2 N–H and O–H groups in total. The minimum Gasteiger partial charge on any atom is -0.497 e. The molecule has 3 rings (SSSR count). The smallest absolute Gasteiger partial charge is 0.251 e. The normalized spacial score (nSPS) is 11.4. The van der Waals surface area contributed by atoms with Crippen molar-refractivity contribution in [2.75, 3.05) is 19.0 Å². The zero-order valence-electron chi connectivity index (χ0n) is 18.4. The summed E-state index contributed by atoms with van der Waals surface area (Å²) in [6, 6.07) is 26.6.